The first-order chi connectivity index (χ1) is 10.9. The van der Waals surface area contributed by atoms with Crippen molar-refractivity contribution in [3.63, 3.8) is 0 Å². The first kappa shape index (κ1) is 16.2. The lowest BCUT2D eigenvalue weighted by atomic mass is 9.99. The molecule has 0 saturated heterocycles. The van der Waals surface area contributed by atoms with Crippen LogP contribution >= 0.6 is 0 Å². The van der Waals surface area contributed by atoms with Crippen molar-refractivity contribution in [3.8, 4) is 0 Å². The number of nitrogens with two attached hydrogens (primary N) is 1. The fourth-order valence-corrected chi connectivity index (χ4v) is 2.28. The number of primary amides is 1. The van der Waals surface area contributed by atoms with Gasteiger partial charge in [-0.25, -0.2) is 4.79 Å². The van der Waals surface area contributed by atoms with E-state index in [0.717, 1.165) is 5.56 Å². The van der Waals surface area contributed by atoms with E-state index in [-0.39, 0.29) is 22.7 Å². The van der Waals surface area contributed by atoms with Gasteiger partial charge in [0, 0.05) is 0 Å². The largest absolute Gasteiger partial charge is 0.478 e. The topological polar surface area (TPSA) is 109 Å². The molecule has 0 radical (unpaired) electrons. The number of amides is 2. The van der Waals surface area contributed by atoms with E-state index in [0.29, 0.717) is 0 Å². The van der Waals surface area contributed by atoms with Gasteiger partial charge in [-0.1, -0.05) is 36.4 Å². The van der Waals surface area contributed by atoms with Crippen LogP contribution in [0.5, 0.6) is 0 Å². The van der Waals surface area contributed by atoms with Gasteiger partial charge >= 0.3 is 5.97 Å². The van der Waals surface area contributed by atoms with Gasteiger partial charge in [-0.15, -0.1) is 0 Å². The Morgan fingerprint density at radius 1 is 1.00 bits per heavy atom. The number of benzene rings is 2. The smallest absolute Gasteiger partial charge is 0.336 e. The van der Waals surface area contributed by atoms with Gasteiger partial charge in [0.15, 0.2) is 0 Å². The van der Waals surface area contributed by atoms with E-state index in [1.807, 2.05) is 30.3 Å². The standard InChI is InChI=1S/C17H16N2O4/c1-10(11-6-3-2-4-7-11)19-16(21)12-8-5-9-13(17(22)23)14(12)15(18)20/h2-10H,1H3,(H2,18,20)(H,19,21)(H,22,23). The Hall–Kier alpha value is -3.15. The summed E-state index contributed by atoms with van der Waals surface area (Å²) in [5.74, 6) is -2.83. The van der Waals surface area contributed by atoms with Crippen LogP contribution in [0.2, 0.25) is 0 Å². The van der Waals surface area contributed by atoms with Gasteiger partial charge in [-0.05, 0) is 24.6 Å². The van der Waals surface area contributed by atoms with Crippen molar-refractivity contribution >= 4 is 17.8 Å². The number of aromatic carboxylic acids is 1. The molecule has 0 aromatic heterocycles. The maximum atomic E-state index is 12.4. The first-order valence-electron chi connectivity index (χ1n) is 6.93. The van der Waals surface area contributed by atoms with Gasteiger partial charge in [0.25, 0.3) is 5.91 Å². The third-order valence-electron chi connectivity index (χ3n) is 3.43. The Morgan fingerprint density at radius 3 is 2.17 bits per heavy atom. The Morgan fingerprint density at radius 2 is 1.61 bits per heavy atom. The van der Waals surface area contributed by atoms with E-state index in [1.54, 1.807) is 6.92 Å². The van der Waals surface area contributed by atoms with Gasteiger partial charge in [-0.3, -0.25) is 9.59 Å². The zero-order valence-electron chi connectivity index (χ0n) is 12.4. The molecule has 0 aliphatic heterocycles. The molecule has 2 aromatic carbocycles. The van der Waals surface area contributed by atoms with Gasteiger partial charge in [0.1, 0.15) is 0 Å². The molecule has 23 heavy (non-hydrogen) atoms. The van der Waals surface area contributed by atoms with Gasteiger partial charge < -0.3 is 16.2 Å². The number of nitrogens with one attached hydrogen (secondary N) is 1. The Kier molecular flexibility index (Phi) is 4.75. The summed E-state index contributed by atoms with van der Waals surface area (Å²) < 4.78 is 0. The summed E-state index contributed by atoms with van der Waals surface area (Å²) in [5, 5.41) is 11.9. The molecule has 0 bridgehead atoms. The average Bonchev–Trinajstić information content (AvgIpc) is 2.54. The van der Waals surface area contributed by atoms with Crippen LogP contribution in [0.4, 0.5) is 0 Å². The lowest BCUT2D eigenvalue weighted by Crippen LogP contribution is -2.30. The van der Waals surface area contributed by atoms with Crippen molar-refractivity contribution < 1.29 is 19.5 Å². The number of carbonyl (C=O) groups excluding carboxylic acids is 2. The minimum Gasteiger partial charge on any atom is -0.478 e. The molecule has 2 aromatic rings. The fraction of sp³-hybridized carbons (Fsp3) is 0.118. The van der Waals surface area contributed by atoms with Crippen molar-refractivity contribution in [1.29, 1.82) is 0 Å². The van der Waals surface area contributed by atoms with Crippen LogP contribution in [0.1, 0.15) is 49.6 Å². The van der Waals surface area contributed by atoms with Crippen LogP contribution in [0.15, 0.2) is 48.5 Å². The Labute approximate surface area is 132 Å². The van der Waals surface area contributed by atoms with E-state index >= 15 is 0 Å². The minimum atomic E-state index is -1.32. The highest BCUT2D eigenvalue weighted by atomic mass is 16.4. The predicted molar refractivity (Wildman–Crippen MR) is 84.2 cm³/mol. The SMILES string of the molecule is CC(NC(=O)c1cccc(C(=O)O)c1C(N)=O)c1ccccc1. The van der Waals surface area contributed by atoms with Gasteiger partial charge in [0.2, 0.25) is 5.91 Å². The summed E-state index contributed by atoms with van der Waals surface area (Å²) in [7, 11) is 0. The molecular formula is C17H16N2O4. The molecule has 1 unspecified atom stereocenters. The molecule has 0 saturated carbocycles. The van der Waals surface area contributed by atoms with Crippen LogP contribution in [0.3, 0.4) is 0 Å². The van der Waals surface area contributed by atoms with Crippen molar-refractivity contribution in [3.05, 3.63) is 70.8 Å². The van der Waals surface area contributed by atoms with E-state index in [1.165, 1.54) is 18.2 Å². The highest BCUT2D eigenvalue weighted by Crippen LogP contribution is 2.17. The summed E-state index contributed by atoms with van der Waals surface area (Å²) in [6.07, 6.45) is 0. The van der Waals surface area contributed by atoms with Crippen LogP contribution in [-0.4, -0.2) is 22.9 Å². The minimum absolute atomic E-state index is 0.0554. The molecule has 1 atom stereocenters. The highest BCUT2D eigenvalue weighted by molar-refractivity contribution is 6.12. The average molecular weight is 312 g/mol. The predicted octanol–water partition coefficient (Wildman–Crippen LogP) is 1.97. The van der Waals surface area contributed by atoms with Crippen molar-refractivity contribution in [1.82, 2.24) is 5.32 Å². The molecule has 6 nitrogen and oxygen atoms in total. The van der Waals surface area contributed by atoms with Crippen molar-refractivity contribution in [2.75, 3.05) is 0 Å². The van der Waals surface area contributed by atoms with E-state index in [9.17, 15) is 14.4 Å². The number of hydrogen-bond acceptors (Lipinski definition) is 3. The molecule has 0 aliphatic carbocycles. The molecule has 118 valence electrons. The summed E-state index contributed by atoms with van der Waals surface area (Å²) in [4.78, 5) is 35.2. The molecule has 4 N–H and O–H groups in total. The fourth-order valence-electron chi connectivity index (χ4n) is 2.28. The molecule has 0 aliphatic rings. The lowest BCUT2D eigenvalue weighted by Gasteiger charge is -2.16. The first-order valence-corrected chi connectivity index (χ1v) is 6.93. The third-order valence-corrected chi connectivity index (χ3v) is 3.43. The van der Waals surface area contributed by atoms with Crippen LogP contribution in [-0.2, 0) is 0 Å². The third kappa shape index (κ3) is 3.55. The Balaban J connectivity index is 2.34. The second-order valence-corrected chi connectivity index (χ2v) is 5.00. The summed E-state index contributed by atoms with van der Waals surface area (Å²) in [5.41, 5.74) is 5.49. The molecule has 0 fully saturated rings. The number of carbonyl (C=O) groups is 3. The van der Waals surface area contributed by atoms with E-state index < -0.39 is 17.8 Å². The second kappa shape index (κ2) is 6.74. The summed E-state index contributed by atoms with van der Waals surface area (Å²) >= 11 is 0. The summed E-state index contributed by atoms with van der Waals surface area (Å²) in [6, 6.07) is 13.0. The number of carboxylic acid groups (broad SMARTS) is 1. The normalized spacial score (nSPS) is 11.5. The lowest BCUT2D eigenvalue weighted by molar-refractivity contribution is 0.0692. The van der Waals surface area contributed by atoms with Crippen molar-refractivity contribution in [2.24, 2.45) is 5.73 Å². The maximum Gasteiger partial charge on any atom is 0.336 e. The zero-order chi connectivity index (χ0) is 17.0. The molecule has 0 heterocycles. The molecule has 2 rings (SSSR count). The van der Waals surface area contributed by atoms with Crippen LogP contribution < -0.4 is 11.1 Å². The zero-order valence-corrected chi connectivity index (χ0v) is 12.4. The molecule has 6 heteroatoms. The van der Waals surface area contributed by atoms with Crippen LogP contribution in [0.25, 0.3) is 0 Å². The monoisotopic (exact) mass is 312 g/mol. The molecule has 2 amide bonds. The second-order valence-electron chi connectivity index (χ2n) is 5.00. The van der Waals surface area contributed by atoms with Gasteiger partial charge in [-0.2, -0.15) is 0 Å². The molecule has 0 spiro atoms. The highest BCUT2D eigenvalue weighted by Gasteiger charge is 2.23. The van der Waals surface area contributed by atoms with Crippen LogP contribution in [0, 0.1) is 0 Å². The van der Waals surface area contributed by atoms with E-state index in [4.69, 9.17) is 10.8 Å². The number of hydrogen-bond donors (Lipinski definition) is 3. The maximum absolute atomic E-state index is 12.4. The molecular weight excluding hydrogens is 296 g/mol. The quantitative estimate of drug-likeness (QED) is 0.784. The van der Waals surface area contributed by atoms with Crippen molar-refractivity contribution in [2.45, 2.75) is 13.0 Å². The summed E-state index contributed by atoms with van der Waals surface area (Å²) in [6.45, 7) is 1.79. The van der Waals surface area contributed by atoms with E-state index in [2.05, 4.69) is 5.32 Å². The number of carboxylic acids is 1. The van der Waals surface area contributed by atoms with Gasteiger partial charge in [0.05, 0.1) is 22.7 Å². The number of rotatable bonds is 5. The Bertz CT molecular complexity index is 756.